The lowest BCUT2D eigenvalue weighted by atomic mass is 10.1. The highest BCUT2D eigenvalue weighted by atomic mass is 32.2. The molecule has 2 aromatic rings. The van der Waals surface area contributed by atoms with E-state index in [-0.39, 0.29) is 4.90 Å². The van der Waals surface area contributed by atoms with Crippen LogP contribution in [0.3, 0.4) is 0 Å². The van der Waals surface area contributed by atoms with E-state index in [2.05, 4.69) is 4.90 Å². The first-order valence-electron chi connectivity index (χ1n) is 9.73. The lowest BCUT2D eigenvalue weighted by Gasteiger charge is -2.34. The van der Waals surface area contributed by atoms with Crippen LogP contribution in [0.4, 0.5) is 4.39 Å². The van der Waals surface area contributed by atoms with E-state index in [0.29, 0.717) is 44.2 Å². The maximum absolute atomic E-state index is 13.0. The summed E-state index contributed by atoms with van der Waals surface area (Å²) in [5.41, 5.74) is 1.07. The summed E-state index contributed by atoms with van der Waals surface area (Å²) >= 11 is 0. The monoisotopic (exact) mass is 484 g/mol. The lowest BCUT2D eigenvalue weighted by Crippen LogP contribution is -2.48. The van der Waals surface area contributed by atoms with Gasteiger partial charge in [0, 0.05) is 32.7 Å². The molecule has 0 atom stereocenters. The average molecular weight is 485 g/mol. The Morgan fingerprint density at radius 1 is 0.909 bits per heavy atom. The van der Waals surface area contributed by atoms with Crippen molar-refractivity contribution in [3.63, 3.8) is 0 Å². The highest BCUT2D eigenvalue weighted by molar-refractivity contribution is 7.89. The number of hydrogen-bond acceptors (Lipinski definition) is 7. The van der Waals surface area contributed by atoms with Gasteiger partial charge >= 0.3 is 11.9 Å². The van der Waals surface area contributed by atoms with Crippen LogP contribution >= 0.6 is 0 Å². The van der Waals surface area contributed by atoms with Crippen molar-refractivity contribution in [3.05, 3.63) is 53.8 Å². The fraction of sp³-hybridized carbons (Fsp3) is 0.333. The molecule has 0 saturated carbocycles. The van der Waals surface area contributed by atoms with Crippen molar-refractivity contribution in [2.75, 3.05) is 40.4 Å². The first kappa shape index (κ1) is 26.0. The smallest absolute Gasteiger partial charge is 0.414 e. The molecule has 180 valence electrons. The summed E-state index contributed by atoms with van der Waals surface area (Å²) in [6.07, 6.45) is 0. The van der Waals surface area contributed by atoms with E-state index in [1.807, 2.05) is 18.2 Å². The van der Waals surface area contributed by atoms with Crippen molar-refractivity contribution in [3.8, 4) is 11.5 Å². The second-order valence-electron chi connectivity index (χ2n) is 6.93. The molecule has 0 unspecified atom stereocenters. The van der Waals surface area contributed by atoms with Crippen LogP contribution in [-0.4, -0.2) is 80.2 Å². The largest absolute Gasteiger partial charge is 0.493 e. The molecular weight excluding hydrogens is 459 g/mol. The van der Waals surface area contributed by atoms with Crippen molar-refractivity contribution in [2.45, 2.75) is 11.4 Å². The Balaban J connectivity index is 0.000000569. The Labute approximate surface area is 190 Å². The van der Waals surface area contributed by atoms with Crippen molar-refractivity contribution < 1.29 is 42.1 Å². The highest BCUT2D eigenvalue weighted by Crippen LogP contribution is 2.28. The van der Waals surface area contributed by atoms with Crippen LogP contribution in [0.15, 0.2) is 47.4 Å². The topological polar surface area (TPSA) is 134 Å². The number of sulfonamides is 1. The van der Waals surface area contributed by atoms with Gasteiger partial charge in [0.15, 0.2) is 11.5 Å². The Morgan fingerprint density at radius 3 is 1.94 bits per heavy atom. The molecule has 0 bridgehead atoms. The molecule has 1 aliphatic heterocycles. The van der Waals surface area contributed by atoms with Crippen LogP contribution < -0.4 is 9.47 Å². The van der Waals surface area contributed by atoms with Gasteiger partial charge in [-0.15, -0.1) is 0 Å². The second kappa shape index (κ2) is 11.6. The number of methoxy groups -OCH3 is 2. The molecule has 1 aliphatic rings. The summed E-state index contributed by atoms with van der Waals surface area (Å²) in [5.74, 6) is -2.75. The Bertz CT molecular complexity index is 1060. The first-order valence-corrected chi connectivity index (χ1v) is 11.2. The van der Waals surface area contributed by atoms with Gasteiger partial charge in [-0.2, -0.15) is 4.31 Å². The molecule has 12 heteroatoms. The minimum atomic E-state index is -3.59. The zero-order chi connectivity index (χ0) is 24.6. The van der Waals surface area contributed by atoms with Gasteiger partial charge < -0.3 is 19.7 Å². The Hall–Kier alpha value is -3.22. The number of carbonyl (C=O) groups is 2. The number of carboxylic acid groups (broad SMARTS) is 2. The summed E-state index contributed by atoms with van der Waals surface area (Å²) in [6.45, 7) is 2.73. The van der Waals surface area contributed by atoms with Gasteiger partial charge in [0.25, 0.3) is 0 Å². The minimum Gasteiger partial charge on any atom is -0.493 e. The van der Waals surface area contributed by atoms with E-state index >= 15 is 0 Å². The lowest BCUT2D eigenvalue weighted by molar-refractivity contribution is -0.159. The maximum Gasteiger partial charge on any atom is 0.414 e. The molecule has 2 aromatic carbocycles. The SMILES string of the molecule is COc1ccc(CN2CCN(S(=O)(=O)c3ccc(F)cc3)CC2)cc1OC.O=C(O)C(=O)O. The number of carboxylic acids is 2. The van der Waals surface area contributed by atoms with Crippen LogP contribution in [0.25, 0.3) is 0 Å². The first-order chi connectivity index (χ1) is 15.6. The van der Waals surface area contributed by atoms with Gasteiger partial charge in [-0.05, 0) is 42.0 Å². The number of halogens is 1. The highest BCUT2D eigenvalue weighted by Gasteiger charge is 2.28. The van der Waals surface area contributed by atoms with Crippen LogP contribution in [0, 0.1) is 5.82 Å². The van der Waals surface area contributed by atoms with E-state index in [1.165, 1.54) is 28.6 Å². The summed E-state index contributed by atoms with van der Waals surface area (Å²) in [6, 6.07) is 10.7. The molecule has 0 aliphatic carbocycles. The van der Waals surface area contributed by atoms with E-state index in [1.54, 1.807) is 14.2 Å². The van der Waals surface area contributed by atoms with E-state index in [9.17, 15) is 12.8 Å². The molecule has 3 rings (SSSR count). The molecule has 0 aromatic heterocycles. The zero-order valence-corrected chi connectivity index (χ0v) is 18.9. The number of rotatable bonds is 6. The summed E-state index contributed by atoms with van der Waals surface area (Å²) < 4.78 is 50.4. The average Bonchev–Trinajstić information content (AvgIpc) is 2.80. The Morgan fingerprint density at radius 2 is 1.45 bits per heavy atom. The van der Waals surface area contributed by atoms with Gasteiger partial charge in [-0.25, -0.2) is 22.4 Å². The summed E-state index contributed by atoms with van der Waals surface area (Å²) in [5, 5.41) is 14.8. The number of hydrogen-bond donors (Lipinski definition) is 2. The van der Waals surface area contributed by atoms with Crippen molar-refractivity contribution >= 4 is 22.0 Å². The fourth-order valence-electron chi connectivity index (χ4n) is 3.12. The number of benzene rings is 2. The van der Waals surface area contributed by atoms with E-state index in [4.69, 9.17) is 29.3 Å². The van der Waals surface area contributed by atoms with Crippen LogP contribution in [0.2, 0.25) is 0 Å². The van der Waals surface area contributed by atoms with Gasteiger partial charge in [0.1, 0.15) is 5.82 Å². The molecule has 33 heavy (non-hydrogen) atoms. The van der Waals surface area contributed by atoms with Crippen molar-refractivity contribution in [2.24, 2.45) is 0 Å². The molecule has 1 saturated heterocycles. The molecule has 1 fully saturated rings. The Kier molecular flexibility index (Phi) is 9.14. The molecule has 10 nitrogen and oxygen atoms in total. The van der Waals surface area contributed by atoms with Crippen LogP contribution in [-0.2, 0) is 26.2 Å². The number of nitrogens with zero attached hydrogens (tertiary/aromatic N) is 2. The molecule has 1 heterocycles. The van der Waals surface area contributed by atoms with Gasteiger partial charge in [0.2, 0.25) is 10.0 Å². The van der Waals surface area contributed by atoms with Crippen LogP contribution in [0.5, 0.6) is 11.5 Å². The minimum absolute atomic E-state index is 0.122. The quantitative estimate of drug-likeness (QED) is 0.585. The molecule has 0 radical (unpaired) electrons. The number of ether oxygens (including phenoxy) is 2. The fourth-order valence-corrected chi connectivity index (χ4v) is 4.54. The number of aliphatic carboxylic acids is 2. The van der Waals surface area contributed by atoms with Crippen molar-refractivity contribution in [1.29, 1.82) is 0 Å². The molecular formula is C21H25FN2O8S. The van der Waals surface area contributed by atoms with Crippen LogP contribution in [0.1, 0.15) is 5.56 Å². The molecule has 0 spiro atoms. The summed E-state index contributed by atoms with van der Waals surface area (Å²) in [4.78, 5) is 20.5. The zero-order valence-electron chi connectivity index (χ0n) is 18.1. The standard InChI is InChI=1S/C19H23FN2O4S.C2H2O4/c1-25-18-8-3-15(13-19(18)26-2)14-21-9-11-22(12-10-21)27(23,24)17-6-4-16(20)5-7-17;3-1(4)2(5)6/h3-8,13H,9-12,14H2,1-2H3;(H,3,4)(H,5,6). The molecule has 0 amide bonds. The third-order valence-electron chi connectivity index (χ3n) is 4.82. The van der Waals surface area contributed by atoms with Gasteiger partial charge in [-0.1, -0.05) is 6.07 Å². The second-order valence-corrected chi connectivity index (χ2v) is 8.87. The van der Waals surface area contributed by atoms with Gasteiger partial charge in [-0.3, -0.25) is 4.90 Å². The maximum atomic E-state index is 13.0. The van der Waals surface area contributed by atoms with Crippen molar-refractivity contribution in [1.82, 2.24) is 9.21 Å². The summed E-state index contributed by atoms with van der Waals surface area (Å²) in [7, 11) is -0.398. The van der Waals surface area contributed by atoms with E-state index < -0.39 is 27.8 Å². The number of piperazine rings is 1. The predicted octanol–water partition coefficient (Wildman–Crippen LogP) is 1.50. The third-order valence-corrected chi connectivity index (χ3v) is 6.73. The van der Waals surface area contributed by atoms with E-state index in [0.717, 1.165) is 5.56 Å². The third kappa shape index (κ3) is 7.14. The predicted molar refractivity (Wildman–Crippen MR) is 115 cm³/mol. The van der Waals surface area contributed by atoms with Gasteiger partial charge in [0.05, 0.1) is 19.1 Å². The molecule has 2 N–H and O–H groups in total. The normalized spacial score (nSPS) is 14.6.